The van der Waals surface area contributed by atoms with Crippen molar-refractivity contribution in [2.24, 2.45) is 0 Å². The van der Waals surface area contributed by atoms with Crippen molar-refractivity contribution < 1.29 is 38.2 Å². The van der Waals surface area contributed by atoms with Crippen molar-refractivity contribution in [3.05, 3.63) is 122 Å². The molecule has 0 spiro atoms. The third-order valence-corrected chi connectivity index (χ3v) is 9.34. The Balaban J connectivity index is 4.49. The predicted molar refractivity (Wildman–Crippen MR) is 254 cm³/mol. The topological polar surface area (TPSA) is 102 Å². The second kappa shape index (κ2) is 42.4. The number of quaternary nitrogens is 1. The van der Waals surface area contributed by atoms with Crippen LogP contribution in [0.25, 0.3) is 0 Å². The molecule has 0 aromatic carbocycles. The normalized spacial score (nSPS) is 14.0. The van der Waals surface area contributed by atoms with Crippen LogP contribution in [0.15, 0.2) is 122 Å². The van der Waals surface area contributed by atoms with Crippen LogP contribution in [-0.2, 0) is 28.6 Å². The fourth-order valence-electron chi connectivity index (χ4n) is 5.84. The van der Waals surface area contributed by atoms with E-state index in [2.05, 4.69) is 135 Å². The predicted octanol–water partition coefficient (Wildman–Crippen LogP) is 11.7. The number of hydrogen-bond acceptors (Lipinski definition) is 7. The summed E-state index contributed by atoms with van der Waals surface area (Å²) in [4.78, 5) is 36.9. The number of likely N-dealkylation sites (N-methyl/N-ethyl adjacent to an activating group) is 1. The van der Waals surface area contributed by atoms with E-state index in [4.69, 9.17) is 14.2 Å². The Labute approximate surface area is 371 Å². The molecule has 0 aliphatic carbocycles. The highest BCUT2D eigenvalue weighted by Gasteiger charge is 2.25. The van der Waals surface area contributed by atoms with Crippen molar-refractivity contribution in [1.82, 2.24) is 0 Å². The number of esters is 2. The van der Waals surface area contributed by atoms with Gasteiger partial charge in [0.25, 0.3) is 0 Å². The molecule has 0 amide bonds. The third-order valence-electron chi connectivity index (χ3n) is 9.34. The minimum Gasteiger partial charge on any atom is -0.544 e. The summed E-state index contributed by atoms with van der Waals surface area (Å²) in [5, 5.41) is 11.6. The molecule has 0 aromatic rings. The number of carbonyl (C=O) groups is 3. The van der Waals surface area contributed by atoms with Crippen LogP contribution in [0, 0.1) is 0 Å². The van der Waals surface area contributed by atoms with Crippen molar-refractivity contribution >= 4 is 17.9 Å². The molecule has 61 heavy (non-hydrogen) atoms. The molecule has 0 bridgehead atoms. The molecule has 0 aliphatic heterocycles. The molecular weight excluding hydrogens is 763 g/mol. The Hall–Kier alpha value is -4.27. The van der Waals surface area contributed by atoms with Crippen molar-refractivity contribution in [2.45, 2.75) is 154 Å². The molecule has 342 valence electrons. The van der Waals surface area contributed by atoms with E-state index < -0.39 is 18.1 Å². The van der Waals surface area contributed by atoms with Gasteiger partial charge in [0, 0.05) is 19.3 Å². The van der Waals surface area contributed by atoms with Crippen molar-refractivity contribution in [3.8, 4) is 0 Å². The smallest absolute Gasteiger partial charge is 0.306 e. The number of unbranched alkanes of at least 4 members (excludes halogenated alkanes) is 5. The van der Waals surface area contributed by atoms with Gasteiger partial charge in [-0.1, -0.05) is 148 Å². The fourth-order valence-corrected chi connectivity index (χ4v) is 5.84. The molecule has 8 heteroatoms. The molecule has 2 atom stereocenters. The lowest BCUT2D eigenvalue weighted by molar-refractivity contribution is -0.889. The molecule has 0 aliphatic rings. The Kier molecular flexibility index (Phi) is 39.5. The molecule has 0 N–H and O–H groups in total. The van der Waals surface area contributed by atoms with E-state index in [0.29, 0.717) is 12.8 Å². The van der Waals surface area contributed by atoms with E-state index in [-0.39, 0.29) is 55.5 Å². The summed E-state index contributed by atoms with van der Waals surface area (Å²) in [6.45, 7) is 4.32. The maximum absolute atomic E-state index is 12.7. The summed E-state index contributed by atoms with van der Waals surface area (Å²) >= 11 is 0. The Morgan fingerprint density at radius 1 is 0.492 bits per heavy atom. The lowest BCUT2D eigenvalue weighted by atomic mass is 10.1. The largest absolute Gasteiger partial charge is 0.544 e. The zero-order chi connectivity index (χ0) is 44.9. The van der Waals surface area contributed by atoms with E-state index in [1.165, 1.54) is 0 Å². The zero-order valence-electron chi connectivity index (χ0n) is 38.8. The lowest BCUT2D eigenvalue weighted by Crippen LogP contribution is -2.55. The van der Waals surface area contributed by atoms with Gasteiger partial charge in [-0.3, -0.25) is 9.59 Å². The minimum atomic E-state index is -1.14. The standard InChI is InChI=1S/C53H83NO7/c1-6-8-10-12-14-16-18-20-22-24-25-26-28-30-32-34-36-38-40-42-44-52(56)61-49(47-59-46-45-50(53(57)58)54(3,4)5)48-60-51(55)43-41-39-37-35-33-31-29-27-23-21-19-17-15-13-11-9-7-2/h8-11,14-17,20-23,25-26,29-32,35,37,49-50H,6-7,12-13,18-19,24,27-28,33-34,36,38-48H2,1-5H3/b10-8+,11-9+,16-14+,17-15+,22-20+,23-21+,26-25+,31-29+,32-30+,37-35+. The SMILES string of the molecule is CC/C=C/C/C=C/C/C=C/C/C=C/C/C=C/CCCCCCC(=O)OC(COCCC(C(=O)[O-])[N+](C)(C)C)COC(=O)CCC/C=C/C/C=C/C/C=C/C/C=C/C/C=C/CC. The summed E-state index contributed by atoms with van der Waals surface area (Å²) in [5.74, 6) is -1.86. The van der Waals surface area contributed by atoms with Gasteiger partial charge in [0.2, 0.25) is 0 Å². The second-order valence-corrected chi connectivity index (χ2v) is 15.9. The van der Waals surface area contributed by atoms with Gasteiger partial charge in [-0.25, -0.2) is 0 Å². The highest BCUT2D eigenvalue weighted by atomic mass is 16.6. The number of aliphatic carboxylic acids is 1. The Morgan fingerprint density at radius 2 is 0.885 bits per heavy atom. The van der Waals surface area contributed by atoms with Gasteiger partial charge in [-0.05, 0) is 96.3 Å². The third kappa shape index (κ3) is 40.9. The van der Waals surface area contributed by atoms with E-state index >= 15 is 0 Å². The Bertz CT molecular complexity index is 1400. The van der Waals surface area contributed by atoms with Gasteiger partial charge in [0.15, 0.2) is 6.10 Å². The van der Waals surface area contributed by atoms with Gasteiger partial charge >= 0.3 is 11.9 Å². The first kappa shape index (κ1) is 56.7. The molecule has 0 heterocycles. The fraction of sp³-hybridized carbons (Fsp3) is 0.566. The lowest BCUT2D eigenvalue weighted by Gasteiger charge is -2.34. The van der Waals surface area contributed by atoms with Gasteiger partial charge in [0.1, 0.15) is 12.6 Å². The number of hydrogen-bond donors (Lipinski definition) is 0. The highest BCUT2D eigenvalue weighted by molar-refractivity contribution is 5.70. The average Bonchev–Trinajstić information content (AvgIpc) is 3.22. The minimum absolute atomic E-state index is 0.00319. The van der Waals surface area contributed by atoms with Crippen molar-refractivity contribution in [1.29, 1.82) is 0 Å². The van der Waals surface area contributed by atoms with E-state index in [9.17, 15) is 19.5 Å². The first-order valence-corrected chi connectivity index (χ1v) is 23.1. The van der Waals surface area contributed by atoms with E-state index in [1.54, 1.807) is 21.1 Å². The van der Waals surface area contributed by atoms with Crippen LogP contribution in [0.2, 0.25) is 0 Å². The Morgan fingerprint density at radius 3 is 1.31 bits per heavy atom. The number of nitrogens with zero attached hydrogens (tertiary/aromatic N) is 1. The van der Waals surface area contributed by atoms with E-state index in [1.807, 2.05) is 0 Å². The van der Waals surface area contributed by atoms with Crippen LogP contribution in [0.5, 0.6) is 0 Å². The number of allylic oxidation sites excluding steroid dienone is 20. The molecule has 0 aromatic heterocycles. The van der Waals surface area contributed by atoms with Gasteiger partial charge in [0.05, 0.1) is 40.3 Å². The van der Waals surface area contributed by atoms with Gasteiger partial charge < -0.3 is 28.6 Å². The summed E-state index contributed by atoms with van der Waals surface area (Å²) in [6.07, 6.45) is 59.4. The monoisotopic (exact) mass is 846 g/mol. The van der Waals surface area contributed by atoms with Gasteiger partial charge in [-0.2, -0.15) is 0 Å². The first-order chi connectivity index (χ1) is 29.6. The summed E-state index contributed by atoms with van der Waals surface area (Å²) in [5.41, 5.74) is 0. The number of carboxylic acids is 1. The van der Waals surface area contributed by atoms with Crippen LogP contribution in [-0.4, -0.2) is 75.5 Å². The number of carbonyl (C=O) groups excluding carboxylic acids is 3. The van der Waals surface area contributed by atoms with Crippen LogP contribution in [0.1, 0.15) is 142 Å². The maximum Gasteiger partial charge on any atom is 0.306 e. The number of rotatable bonds is 39. The second-order valence-electron chi connectivity index (χ2n) is 15.9. The number of carboxylic acid groups (broad SMARTS) is 1. The van der Waals surface area contributed by atoms with Crippen LogP contribution in [0.4, 0.5) is 0 Å². The van der Waals surface area contributed by atoms with Crippen LogP contribution >= 0.6 is 0 Å². The highest BCUT2D eigenvalue weighted by Crippen LogP contribution is 2.11. The maximum atomic E-state index is 12.7. The summed E-state index contributed by atoms with van der Waals surface area (Å²) in [6, 6.07) is -0.747. The molecule has 8 nitrogen and oxygen atoms in total. The molecular formula is C53H83NO7. The molecule has 0 radical (unpaired) electrons. The molecule has 0 saturated heterocycles. The first-order valence-electron chi connectivity index (χ1n) is 23.1. The average molecular weight is 846 g/mol. The molecule has 0 saturated carbocycles. The summed E-state index contributed by atoms with van der Waals surface area (Å²) in [7, 11) is 5.37. The van der Waals surface area contributed by atoms with Crippen molar-refractivity contribution in [3.63, 3.8) is 0 Å². The quantitative estimate of drug-likeness (QED) is 0.0263. The molecule has 0 rings (SSSR count). The summed E-state index contributed by atoms with van der Waals surface area (Å²) < 4.78 is 17.1. The van der Waals surface area contributed by atoms with Crippen LogP contribution < -0.4 is 5.11 Å². The van der Waals surface area contributed by atoms with Crippen molar-refractivity contribution in [2.75, 3.05) is 41.0 Å². The van der Waals surface area contributed by atoms with Crippen LogP contribution in [0.3, 0.4) is 0 Å². The van der Waals surface area contributed by atoms with E-state index in [0.717, 1.165) is 96.3 Å². The zero-order valence-corrected chi connectivity index (χ0v) is 38.8. The van der Waals surface area contributed by atoms with Gasteiger partial charge in [-0.15, -0.1) is 0 Å². The molecule has 0 fully saturated rings. The molecule has 2 unspecified atom stereocenters. The number of ether oxygens (including phenoxy) is 3.